The fourth-order valence-electron chi connectivity index (χ4n) is 2.35. The average molecular weight is 387 g/mol. The SMILES string of the molecule is CCOC(=O)C[C@@H](C(=O)OCC)[C@@H](NC(=O)[C@H](NC(C)=O)C(C)C)C(N)=O. The molecule has 10 nitrogen and oxygen atoms in total. The van der Waals surface area contributed by atoms with E-state index >= 15 is 0 Å². The summed E-state index contributed by atoms with van der Waals surface area (Å²) in [5.41, 5.74) is 5.35. The first-order chi connectivity index (χ1) is 12.5. The van der Waals surface area contributed by atoms with E-state index in [9.17, 15) is 24.0 Å². The molecule has 0 rings (SSSR count). The van der Waals surface area contributed by atoms with E-state index in [-0.39, 0.29) is 19.1 Å². The second-order valence-electron chi connectivity index (χ2n) is 6.18. The lowest BCUT2D eigenvalue weighted by Gasteiger charge is -2.27. The van der Waals surface area contributed by atoms with Gasteiger partial charge < -0.3 is 25.8 Å². The van der Waals surface area contributed by atoms with Crippen LogP contribution in [0.5, 0.6) is 0 Å². The van der Waals surface area contributed by atoms with Gasteiger partial charge in [0.05, 0.1) is 25.6 Å². The van der Waals surface area contributed by atoms with E-state index < -0.39 is 54.1 Å². The fourth-order valence-corrected chi connectivity index (χ4v) is 2.35. The lowest BCUT2D eigenvalue weighted by molar-refractivity contribution is -0.157. The molecule has 0 bridgehead atoms. The van der Waals surface area contributed by atoms with Crippen molar-refractivity contribution in [3.63, 3.8) is 0 Å². The van der Waals surface area contributed by atoms with Gasteiger partial charge in [-0.1, -0.05) is 13.8 Å². The summed E-state index contributed by atoms with van der Waals surface area (Å²) >= 11 is 0. The molecule has 154 valence electrons. The number of hydrogen-bond donors (Lipinski definition) is 3. The van der Waals surface area contributed by atoms with Crippen LogP contribution in [0.15, 0.2) is 0 Å². The number of nitrogens with one attached hydrogen (secondary N) is 2. The summed E-state index contributed by atoms with van der Waals surface area (Å²) < 4.78 is 9.70. The molecule has 3 amide bonds. The maximum absolute atomic E-state index is 12.5. The molecule has 0 aromatic heterocycles. The van der Waals surface area contributed by atoms with Crippen molar-refractivity contribution in [3.8, 4) is 0 Å². The van der Waals surface area contributed by atoms with Gasteiger partial charge in [0.1, 0.15) is 12.1 Å². The van der Waals surface area contributed by atoms with Gasteiger partial charge in [0.15, 0.2) is 0 Å². The Labute approximate surface area is 158 Å². The Balaban J connectivity index is 5.58. The summed E-state index contributed by atoms with van der Waals surface area (Å²) in [6, 6.07) is -2.45. The van der Waals surface area contributed by atoms with Gasteiger partial charge in [0, 0.05) is 6.92 Å². The summed E-state index contributed by atoms with van der Waals surface area (Å²) in [4.78, 5) is 59.8. The predicted octanol–water partition coefficient (Wildman–Crippen LogP) is -0.750. The summed E-state index contributed by atoms with van der Waals surface area (Å²) in [5.74, 6) is -5.41. The molecule has 0 radical (unpaired) electrons. The molecule has 0 heterocycles. The number of rotatable bonds is 11. The maximum Gasteiger partial charge on any atom is 0.312 e. The number of ether oxygens (including phenoxy) is 2. The van der Waals surface area contributed by atoms with Gasteiger partial charge in [0.2, 0.25) is 17.7 Å². The second-order valence-corrected chi connectivity index (χ2v) is 6.18. The van der Waals surface area contributed by atoms with Crippen LogP contribution in [0.25, 0.3) is 0 Å². The lowest BCUT2D eigenvalue weighted by atomic mass is 9.94. The van der Waals surface area contributed by atoms with Gasteiger partial charge in [0.25, 0.3) is 0 Å². The van der Waals surface area contributed by atoms with Crippen molar-refractivity contribution in [2.45, 2.75) is 53.1 Å². The van der Waals surface area contributed by atoms with Crippen molar-refractivity contribution < 1.29 is 33.4 Å². The highest BCUT2D eigenvalue weighted by atomic mass is 16.5. The van der Waals surface area contributed by atoms with E-state index in [4.69, 9.17) is 15.2 Å². The largest absolute Gasteiger partial charge is 0.466 e. The van der Waals surface area contributed by atoms with Gasteiger partial charge in [-0.2, -0.15) is 0 Å². The van der Waals surface area contributed by atoms with Crippen LogP contribution in [0.4, 0.5) is 0 Å². The van der Waals surface area contributed by atoms with Crippen molar-refractivity contribution in [1.82, 2.24) is 10.6 Å². The Morgan fingerprint density at radius 3 is 1.89 bits per heavy atom. The minimum absolute atomic E-state index is 0.0120. The first-order valence-corrected chi connectivity index (χ1v) is 8.74. The fraction of sp³-hybridized carbons (Fsp3) is 0.706. The van der Waals surface area contributed by atoms with Gasteiger partial charge in [-0.15, -0.1) is 0 Å². The molecule has 0 saturated carbocycles. The van der Waals surface area contributed by atoms with Crippen molar-refractivity contribution in [2.24, 2.45) is 17.6 Å². The van der Waals surface area contributed by atoms with Crippen LogP contribution in [0, 0.1) is 11.8 Å². The number of amides is 3. The molecule has 0 aromatic rings. The molecule has 0 aliphatic rings. The van der Waals surface area contributed by atoms with E-state index in [0.29, 0.717) is 0 Å². The Hall–Kier alpha value is -2.65. The zero-order valence-corrected chi connectivity index (χ0v) is 16.4. The molecule has 0 aromatic carbocycles. The molecule has 0 saturated heterocycles. The Morgan fingerprint density at radius 2 is 1.48 bits per heavy atom. The molecular weight excluding hydrogens is 358 g/mol. The molecule has 0 spiro atoms. The number of esters is 2. The van der Waals surface area contributed by atoms with Crippen LogP contribution >= 0.6 is 0 Å². The minimum atomic E-state index is -1.50. The molecule has 27 heavy (non-hydrogen) atoms. The highest BCUT2D eigenvalue weighted by Crippen LogP contribution is 2.15. The van der Waals surface area contributed by atoms with E-state index in [0.717, 1.165) is 0 Å². The van der Waals surface area contributed by atoms with E-state index in [1.807, 2.05) is 0 Å². The van der Waals surface area contributed by atoms with Gasteiger partial charge >= 0.3 is 11.9 Å². The Kier molecular flexibility index (Phi) is 10.7. The highest BCUT2D eigenvalue weighted by Gasteiger charge is 2.38. The smallest absolute Gasteiger partial charge is 0.312 e. The molecular formula is C17H29N3O7. The Morgan fingerprint density at radius 1 is 0.926 bits per heavy atom. The number of nitrogens with two attached hydrogens (primary N) is 1. The van der Waals surface area contributed by atoms with Crippen molar-refractivity contribution in [3.05, 3.63) is 0 Å². The van der Waals surface area contributed by atoms with E-state index in [2.05, 4.69) is 10.6 Å². The van der Waals surface area contributed by atoms with Crippen LogP contribution in [0.2, 0.25) is 0 Å². The second kappa shape index (κ2) is 11.9. The number of hydrogen-bond acceptors (Lipinski definition) is 7. The summed E-state index contributed by atoms with van der Waals surface area (Å²) in [5, 5.41) is 4.82. The third-order valence-electron chi connectivity index (χ3n) is 3.60. The van der Waals surface area contributed by atoms with Gasteiger partial charge in [-0.25, -0.2) is 0 Å². The van der Waals surface area contributed by atoms with Crippen molar-refractivity contribution in [2.75, 3.05) is 13.2 Å². The van der Waals surface area contributed by atoms with Gasteiger partial charge in [-0.3, -0.25) is 24.0 Å². The Bertz CT molecular complexity index is 563. The summed E-state index contributed by atoms with van der Waals surface area (Å²) in [6.45, 7) is 7.88. The molecule has 0 aliphatic carbocycles. The van der Waals surface area contributed by atoms with Crippen LogP contribution in [-0.4, -0.2) is 55.0 Å². The van der Waals surface area contributed by atoms with Gasteiger partial charge in [-0.05, 0) is 19.8 Å². The van der Waals surface area contributed by atoms with E-state index in [1.165, 1.54) is 6.92 Å². The highest BCUT2D eigenvalue weighted by molar-refractivity contribution is 5.95. The van der Waals surface area contributed by atoms with Crippen LogP contribution in [0.3, 0.4) is 0 Å². The van der Waals surface area contributed by atoms with Crippen molar-refractivity contribution in [1.29, 1.82) is 0 Å². The van der Waals surface area contributed by atoms with E-state index in [1.54, 1.807) is 27.7 Å². The zero-order chi connectivity index (χ0) is 21.1. The number of primary amides is 1. The molecule has 0 fully saturated rings. The summed E-state index contributed by atoms with van der Waals surface area (Å²) in [6.07, 6.45) is -0.493. The molecule has 10 heteroatoms. The molecule has 0 aliphatic heterocycles. The standard InChI is InChI=1S/C17H29N3O7/c1-6-26-12(22)8-11(17(25)27-7-2)14(15(18)23)20-16(24)13(9(3)4)19-10(5)21/h9,11,13-14H,6-8H2,1-5H3,(H2,18,23)(H,19,21)(H,20,24)/t11-,13-,14-/m1/s1. The van der Waals surface area contributed by atoms with Crippen molar-refractivity contribution >= 4 is 29.7 Å². The first kappa shape index (κ1) is 24.4. The normalized spacial score (nSPS) is 13.9. The third kappa shape index (κ3) is 8.52. The average Bonchev–Trinajstić information content (AvgIpc) is 2.55. The third-order valence-corrected chi connectivity index (χ3v) is 3.60. The first-order valence-electron chi connectivity index (χ1n) is 8.74. The maximum atomic E-state index is 12.5. The molecule has 3 atom stereocenters. The van der Waals surface area contributed by atoms with Crippen LogP contribution < -0.4 is 16.4 Å². The van der Waals surface area contributed by atoms with Crippen LogP contribution in [0.1, 0.15) is 41.0 Å². The topological polar surface area (TPSA) is 154 Å². The molecule has 4 N–H and O–H groups in total. The summed E-state index contributed by atoms with van der Waals surface area (Å²) in [7, 11) is 0. The van der Waals surface area contributed by atoms with Crippen LogP contribution in [-0.2, 0) is 33.4 Å². The lowest BCUT2D eigenvalue weighted by Crippen LogP contribution is -2.58. The number of carbonyl (C=O) groups excluding carboxylic acids is 5. The predicted molar refractivity (Wildman–Crippen MR) is 94.9 cm³/mol. The number of carbonyl (C=O) groups is 5. The minimum Gasteiger partial charge on any atom is -0.466 e. The monoisotopic (exact) mass is 387 g/mol. The zero-order valence-electron chi connectivity index (χ0n) is 16.4. The molecule has 0 unspecified atom stereocenters. The quantitative estimate of drug-likeness (QED) is 0.394.